The lowest BCUT2D eigenvalue weighted by atomic mass is 9.67. The molecule has 1 nitrogen and oxygen atoms in total. The highest BCUT2D eigenvalue weighted by molar-refractivity contribution is 5.01. The van der Waals surface area contributed by atoms with Crippen molar-refractivity contribution < 1.29 is 0 Å². The third-order valence-electron chi connectivity index (χ3n) is 6.73. The van der Waals surface area contributed by atoms with E-state index in [1.54, 1.807) is 0 Å². The maximum Gasteiger partial charge on any atom is 0.0178 e. The lowest BCUT2D eigenvalue weighted by Crippen LogP contribution is -2.38. The first-order valence-corrected chi connectivity index (χ1v) is 10.4. The second-order valence-corrected chi connectivity index (χ2v) is 8.22. The van der Waals surface area contributed by atoms with Gasteiger partial charge in [0.2, 0.25) is 0 Å². The predicted molar refractivity (Wildman–Crippen MR) is 95.7 cm³/mol. The molecule has 2 aliphatic carbocycles. The highest BCUT2D eigenvalue weighted by atomic mass is 14.9. The minimum atomic E-state index is 0.878. The molecule has 2 atom stereocenters. The van der Waals surface area contributed by atoms with Crippen molar-refractivity contribution in [3.63, 3.8) is 0 Å². The molecule has 2 unspecified atom stereocenters. The van der Waals surface area contributed by atoms with Gasteiger partial charge in [-0.2, -0.15) is 0 Å². The lowest BCUT2D eigenvalue weighted by Gasteiger charge is -2.40. The molecule has 1 aliphatic heterocycles. The van der Waals surface area contributed by atoms with Crippen molar-refractivity contribution in [2.75, 3.05) is 6.54 Å². The van der Waals surface area contributed by atoms with Gasteiger partial charge in [0, 0.05) is 6.54 Å². The Morgan fingerprint density at radius 2 is 1.09 bits per heavy atom. The fraction of sp³-hybridized carbons (Fsp3) is 0.905. The van der Waals surface area contributed by atoms with Crippen LogP contribution >= 0.6 is 0 Å². The molecule has 0 spiro atoms. The van der Waals surface area contributed by atoms with E-state index >= 15 is 0 Å². The molecular weight excluding hydrogens is 266 g/mol. The van der Waals surface area contributed by atoms with E-state index in [1.807, 2.05) is 0 Å². The first-order chi connectivity index (χ1) is 10.9. The highest BCUT2D eigenvalue weighted by Crippen LogP contribution is 2.41. The molecule has 2 saturated carbocycles. The summed E-state index contributed by atoms with van der Waals surface area (Å²) in [6.45, 7) is 1.25. The van der Waals surface area contributed by atoms with Crippen LogP contribution in [0.4, 0.5) is 0 Å². The summed E-state index contributed by atoms with van der Waals surface area (Å²) >= 11 is 0. The average Bonchev–Trinajstić information content (AvgIpc) is 2.47. The summed E-state index contributed by atoms with van der Waals surface area (Å²) in [5.41, 5.74) is 0. The second-order valence-electron chi connectivity index (χ2n) is 8.22. The zero-order valence-electron chi connectivity index (χ0n) is 14.6. The van der Waals surface area contributed by atoms with Crippen molar-refractivity contribution in [1.82, 2.24) is 5.32 Å². The van der Waals surface area contributed by atoms with Crippen LogP contribution < -0.4 is 5.32 Å². The molecule has 126 valence electrons. The molecule has 1 N–H and O–H groups in total. The third kappa shape index (κ3) is 4.52. The standard InChI is InChI=1S/C21H37N/c1-3-7-11-18(12-8-4-1)20-15-16-22-17-21(20)19-13-9-5-2-6-10-14-19/h15-16,18-22H,1-14,17H2. The predicted octanol–water partition coefficient (Wildman–Crippen LogP) is 6.06. The van der Waals surface area contributed by atoms with Crippen molar-refractivity contribution in [3.05, 3.63) is 12.3 Å². The molecule has 0 aromatic carbocycles. The summed E-state index contributed by atoms with van der Waals surface area (Å²) in [5.74, 6) is 3.78. The van der Waals surface area contributed by atoms with E-state index in [2.05, 4.69) is 17.6 Å². The van der Waals surface area contributed by atoms with E-state index < -0.39 is 0 Å². The topological polar surface area (TPSA) is 12.0 Å². The van der Waals surface area contributed by atoms with Crippen molar-refractivity contribution in [1.29, 1.82) is 0 Å². The summed E-state index contributed by atoms with van der Waals surface area (Å²) in [4.78, 5) is 0. The molecule has 0 aromatic rings. The molecule has 0 saturated heterocycles. The summed E-state index contributed by atoms with van der Waals surface area (Å²) in [5, 5.41) is 3.58. The van der Waals surface area contributed by atoms with Crippen LogP contribution in [0.5, 0.6) is 0 Å². The normalized spacial score (nSPS) is 33.3. The Hall–Kier alpha value is -0.460. The number of rotatable bonds is 2. The van der Waals surface area contributed by atoms with Crippen LogP contribution in [0.25, 0.3) is 0 Å². The monoisotopic (exact) mass is 303 g/mol. The second kappa shape index (κ2) is 8.99. The molecule has 1 heterocycles. The summed E-state index contributed by atoms with van der Waals surface area (Å²) < 4.78 is 0. The minimum Gasteiger partial charge on any atom is -0.391 e. The summed E-state index contributed by atoms with van der Waals surface area (Å²) in [6, 6.07) is 0. The molecule has 1 heteroatoms. The van der Waals surface area contributed by atoms with Crippen molar-refractivity contribution in [2.45, 2.75) is 89.9 Å². The Labute approximate surface area is 138 Å². The Morgan fingerprint density at radius 1 is 0.591 bits per heavy atom. The van der Waals surface area contributed by atoms with E-state index in [1.165, 1.54) is 96.4 Å². The van der Waals surface area contributed by atoms with E-state index in [-0.39, 0.29) is 0 Å². The molecule has 22 heavy (non-hydrogen) atoms. The van der Waals surface area contributed by atoms with E-state index in [9.17, 15) is 0 Å². The Balaban J connectivity index is 1.65. The summed E-state index contributed by atoms with van der Waals surface area (Å²) in [7, 11) is 0. The third-order valence-corrected chi connectivity index (χ3v) is 6.73. The number of nitrogens with one attached hydrogen (secondary N) is 1. The van der Waals surface area contributed by atoms with Crippen molar-refractivity contribution in [3.8, 4) is 0 Å². The van der Waals surface area contributed by atoms with Gasteiger partial charge in [-0.25, -0.2) is 0 Å². The molecule has 0 amide bonds. The first kappa shape index (κ1) is 16.4. The van der Waals surface area contributed by atoms with Crippen LogP contribution in [-0.4, -0.2) is 6.54 Å². The quantitative estimate of drug-likeness (QED) is 0.654. The maximum atomic E-state index is 3.58. The van der Waals surface area contributed by atoms with Gasteiger partial charge in [-0.1, -0.05) is 83.1 Å². The van der Waals surface area contributed by atoms with Crippen molar-refractivity contribution in [2.24, 2.45) is 23.7 Å². The smallest absolute Gasteiger partial charge is 0.0178 e. The average molecular weight is 304 g/mol. The van der Waals surface area contributed by atoms with Gasteiger partial charge < -0.3 is 5.32 Å². The van der Waals surface area contributed by atoms with E-state index in [0.717, 1.165) is 23.7 Å². The molecule has 0 aromatic heterocycles. The van der Waals surface area contributed by atoms with Gasteiger partial charge in [0.25, 0.3) is 0 Å². The highest BCUT2D eigenvalue weighted by Gasteiger charge is 2.34. The molecule has 3 rings (SSSR count). The number of hydrogen-bond donors (Lipinski definition) is 1. The maximum absolute atomic E-state index is 3.58. The minimum absolute atomic E-state index is 0.878. The largest absolute Gasteiger partial charge is 0.391 e. The van der Waals surface area contributed by atoms with Crippen LogP contribution in [0.3, 0.4) is 0 Å². The number of allylic oxidation sites excluding steroid dienone is 1. The van der Waals surface area contributed by atoms with Gasteiger partial charge in [-0.15, -0.1) is 0 Å². The molecule has 2 fully saturated rings. The van der Waals surface area contributed by atoms with Crippen LogP contribution in [-0.2, 0) is 0 Å². The number of hydrogen-bond acceptors (Lipinski definition) is 1. The summed E-state index contributed by atoms with van der Waals surface area (Å²) in [6.07, 6.45) is 25.7. The Bertz CT molecular complexity index is 319. The van der Waals surface area contributed by atoms with Gasteiger partial charge in [0.1, 0.15) is 0 Å². The van der Waals surface area contributed by atoms with Crippen LogP contribution in [0, 0.1) is 23.7 Å². The molecule has 0 bridgehead atoms. The van der Waals surface area contributed by atoms with Gasteiger partial charge in [-0.05, 0) is 42.7 Å². The fourth-order valence-corrected chi connectivity index (χ4v) is 5.44. The fourth-order valence-electron chi connectivity index (χ4n) is 5.44. The Kier molecular flexibility index (Phi) is 6.70. The first-order valence-electron chi connectivity index (χ1n) is 10.4. The SMILES string of the molecule is C1=CC(C2CCCCCCC2)C(C2CCCCCCC2)CN1. The van der Waals surface area contributed by atoms with Crippen LogP contribution in [0.2, 0.25) is 0 Å². The molecule has 3 aliphatic rings. The van der Waals surface area contributed by atoms with Gasteiger partial charge in [-0.3, -0.25) is 0 Å². The van der Waals surface area contributed by atoms with Gasteiger partial charge >= 0.3 is 0 Å². The van der Waals surface area contributed by atoms with Crippen LogP contribution in [0.15, 0.2) is 12.3 Å². The van der Waals surface area contributed by atoms with Crippen molar-refractivity contribution >= 4 is 0 Å². The molecule has 0 radical (unpaired) electrons. The zero-order chi connectivity index (χ0) is 15.0. The molecular formula is C21H37N. The van der Waals surface area contributed by atoms with E-state index in [4.69, 9.17) is 0 Å². The van der Waals surface area contributed by atoms with Gasteiger partial charge in [0.15, 0.2) is 0 Å². The Morgan fingerprint density at radius 3 is 1.68 bits per heavy atom. The van der Waals surface area contributed by atoms with E-state index in [0.29, 0.717) is 0 Å². The zero-order valence-corrected chi connectivity index (χ0v) is 14.6. The van der Waals surface area contributed by atoms with Crippen LogP contribution in [0.1, 0.15) is 89.9 Å². The lowest BCUT2D eigenvalue weighted by molar-refractivity contribution is 0.145. The van der Waals surface area contributed by atoms with Gasteiger partial charge in [0.05, 0.1) is 0 Å².